The Kier molecular flexibility index (Phi) is 5.17. The fourth-order valence-electron chi connectivity index (χ4n) is 2.52. The first-order valence-electron chi connectivity index (χ1n) is 7.29. The molecule has 2 N–H and O–H groups in total. The lowest BCUT2D eigenvalue weighted by molar-refractivity contribution is 0.538. The predicted molar refractivity (Wildman–Crippen MR) is 78.1 cm³/mol. The zero-order valence-corrected chi connectivity index (χ0v) is 13.0. The Hall–Kier alpha value is -0.920. The second kappa shape index (κ2) is 6.69. The Morgan fingerprint density at radius 2 is 2.35 bits per heavy atom. The second-order valence-electron chi connectivity index (χ2n) is 5.30. The SMILES string of the molecule is CCCn1cc(S(=O)(=O)NCCC2CCCN2)nc1C. The Morgan fingerprint density at radius 1 is 1.55 bits per heavy atom. The highest BCUT2D eigenvalue weighted by atomic mass is 32.2. The number of sulfonamides is 1. The van der Waals surface area contributed by atoms with Crippen LogP contribution in [0.15, 0.2) is 11.2 Å². The fourth-order valence-corrected chi connectivity index (χ4v) is 3.57. The third-order valence-electron chi connectivity index (χ3n) is 3.64. The second-order valence-corrected chi connectivity index (χ2v) is 7.01. The highest BCUT2D eigenvalue weighted by Crippen LogP contribution is 2.11. The van der Waals surface area contributed by atoms with Gasteiger partial charge in [-0.05, 0) is 39.2 Å². The summed E-state index contributed by atoms with van der Waals surface area (Å²) in [5, 5.41) is 3.49. The lowest BCUT2D eigenvalue weighted by atomic mass is 10.2. The van der Waals surface area contributed by atoms with Gasteiger partial charge in [-0.1, -0.05) is 6.92 Å². The summed E-state index contributed by atoms with van der Waals surface area (Å²) in [6.07, 6.45) is 5.71. The third kappa shape index (κ3) is 3.80. The monoisotopic (exact) mass is 300 g/mol. The summed E-state index contributed by atoms with van der Waals surface area (Å²) in [4.78, 5) is 4.15. The van der Waals surface area contributed by atoms with Gasteiger partial charge in [-0.25, -0.2) is 18.1 Å². The van der Waals surface area contributed by atoms with Gasteiger partial charge in [0.1, 0.15) is 5.82 Å². The van der Waals surface area contributed by atoms with Crippen LogP contribution in [0.4, 0.5) is 0 Å². The largest absolute Gasteiger partial charge is 0.334 e. The summed E-state index contributed by atoms with van der Waals surface area (Å²) in [7, 11) is -3.48. The van der Waals surface area contributed by atoms with Gasteiger partial charge in [0.15, 0.2) is 5.03 Å². The molecule has 2 heterocycles. The van der Waals surface area contributed by atoms with Crippen molar-refractivity contribution in [3.63, 3.8) is 0 Å². The van der Waals surface area contributed by atoms with Crippen LogP contribution in [0.3, 0.4) is 0 Å². The van der Waals surface area contributed by atoms with E-state index in [1.54, 1.807) is 6.20 Å². The number of rotatable bonds is 7. The van der Waals surface area contributed by atoms with Crippen LogP contribution in [-0.2, 0) is 16.6 Å². The zero-order chi connectivity index (χ0) is 14.6. The van der Waals surface area contributed by atoms with E-state index >= 15 is 0 Å². The molecule has 20 heavy (non-hydrogen) atoms. The molecule has 0 bridgehead atoms. The molecule has 0 radical (unpaired) electrons. The summed E-state index contributed by atoms with van der Waals surface area (Å²) in [5.41, 5.74) is 0. The van der Waals surface area contributed by atoms with E-state index in [1.807, 2.05) is 11.5 Å². The molecule has 0 aliphatic carbocycles. The average molecular weight is 300 g/mol. The molecule has 1 unspecified atom stereocenters. The highest BCUT2D eigenvalue weighted by Gasteiger charge is 2.20. The van der Waals surface area contributed by atoms with Crippen molar-refractivity contribution in [2.75, 3.05) is 13.1 Å². The van der Waals surface area contributed by atoms with Crippen molar-refractivity contribution in [2.24, 2.45) is 0 Å². The standard InChI is InChI=1S/C13H24N4O2S/c1-3-9-17-10-13(16-11(17)2)20(18,19)15-8-6-12-5-4-7-14-12/h10,12,14-15H,3-9H2,1-2H3. The molecule has 1 aliphatic rings. The Balaban J connectivity index is 1.93. The number of hydrogen-bond donors (Lipinski definition) is 2. The van der Waals surface area contributed by atoms with Crippen LogP contribution in [-0.4, -0.2) is 37.1 Å². The van der Waals surface area contributed by atoms with E-state index < -0.39 is 10.0 Å². The molecular weight excluding hydrogens is 276 g/mol. The van der Waals surface area contributed by atoms with Gasteiger partial charge in [-0.3, -0.25) is 0 Å². The van der Waals surface area contributed by atoms with Gasteiger partial charge in [0.05, 0.1) is 0 Å². The van der Waals surface area contributed by atoms with Crippen molar-refractivity contribution in [1.82, 2.24) is 19.6 Å². The van der Waals surface area contributed by atoms with E-state index in [2.05, 4.69) is 21.9 Å². The van der Waals surface area contributed by atoms with E-state index in [-0.39, 0.29) is 5.03 Å². The van der Waals surface area contributed by atoms with Crippen molar-refractivity contribution in [2.45, 2.75) is 57.1 Å². The van der Waals surface area contributed by atoms with Gasteiger partial charge in [0.25, 0.3) is 10.0 Å². The molecular formula is C13H24N4O2S. The van der Waals surface area contributed by atoms with Gasteiger partial charge < -0.3 is 9.88 Å². The molecule has 1 aromatic heterocycles. The van der Waals surface area contributed by atoms with Crippen LogP contribution in [0.1, 0.15) is 38.4 Å². The maximum absolute atomic E-state index is 12.2. The van der Waals surface area contributed by atoms with Crippen LogP contribution in [0, 0.1) is 6.92 Å². The maximum Gasteiger partial charge on any atom is 0.259 e. The third-order valence-corrected chi connectivity index (χ3v) is 4.97. The van der Waals surface area contributed by atoms with Gasteiger partial charge in [0, 0.05) is 25.3 Å². The van der Waals surface area contributed by atoms with Crippen molar-refractivity contribution >= 4 is 10.0 Å². The molecule has 0 amide bonds. The molecule has 1 atom stereocenters. The molecule has 7 heteroatoms. The summed E-state index contributed by atoms with van der Waals surface area (Å²) < 4.78 is 28.9. The lowest BCUT2D eigenvalue weighted by Gasteiger charge is -2.10. The molecule has 1 aromatic rings. The Bertz CT molecular complexity index is 533. The zero-order valence-electron chi connectivity index (χ0n) is 12.2. The topological polar surface area (TPSA) is 76.0 Å². The molecule has 114 valence electrons. The maximum atomic E-state index is 12.2. The molecule has 1 fully saturated rings. The quantitative estimate of drug-likeness (QED) is 0.788. The molecule has 6 nitrogen and oxygen atoms in total. The Morgan fingerprint density at radius 3 is 3.00 bits per heavy atom. The van der Waals surface area contributed by atoms with E-state index in [4.69, 9.17) is 0 Å². The first-order valence-corrected chi connectivity index (χ1v) is 8.78. The van der Waals surface area contributed by atoms with Crippen molar-refractivity contribution in [3.05, 3.63) is 12.0 Å². The smallest absolute Gasteiger partial charge is 0.259 e. The minimum absolute atomic E-state index is 0.128. The van der Waals surface area contributed by atoms with Crippen LogP contribution in [0.25, 0.3) is 0 Å². The summed E-state index contributed by atoms with van der Waals surface area (Å²) in [6, 6.07) is 0.442. The van der Waals surface area contributed by atoms with Gasteiger partial charge in [0.2, 0.25) is 0 Å². The number of aryl methyl sites for hydroxylation is 2. The predicted octanol–water partition coefficient (Wildman–Crippen LogP) is 1.02. The molecule has 1 saturated heterocycles. The minimum Gasteiger partial charge on any atom is -0.334 e. The summed E-state index contributed by atoms with van der Waals surface area (Å²) in [6.45, 7) is 6.18. The van der Waals surface area contributed by atoms with E-state index in [9.17, 15) is 8.42 Å². The number of nitrogens with one attached hydrogen (secondary N) is 2. The lowest BCUT2D eigenvalue weighted by Crippen LogP contribution is -2.30. The van der Waals surface area contributed by atoms with Crippen molar-refractivity contribution < 1.29 is 8.42 Å². The first kappa shape index (κ1) is 15.5. The molecule has 1 aliphatic heterocycles. The summed E-state index contributed by atoms with van der Waals surface area (Å²) in [5.74, 6) is 0.740. The van der Waals surface area contributed by atoms with E-state index in [1.165, 1.54) is 6.42 Å². The van der Waals surface area contributed by atoms with Crippen LogP contribution >= 0.6 is 0 Å². The molecule has 0 saturated carbocycles. The fraction of sp³-hybridized carbons (Fsp3) is 0.769. The van der Waals surface area contributed by atoms with Crippen LogP contribution < -0.4 is 10.0 Å². The number of imidazole rings is 1. The number of aromatic nitrogens is 2. The minimum atomic E-state index is -3.48. The van der Waals surface area contributed by atoms with Crippen molar-refractivity contribution in [1.29, 1.82) is 0 Å². The number of nitrogens with zero attached hydrogens (tertiary/aromatic N) is 2. The van der Waals surface area contributed by atoms with Crippen LogP contribution in [0.2, 0.25) is 0 Å². The average Bonchev–Trinajstić information content (AvgIpc) is 3.01. The number of hydrogen-bond acceptors (Lipinski definition) is 4. The van der Waals surface area contributed by atoms with Crippen LogP contribution in [0.5, 0.6) is 0 Å². The van der Waals surface area contributed by atoms with Gasteiger partial charge in [-0.2, -0.15) is 0 Å². The van der Waals surface area contributed by atoms with Crippen molar-refractivity contribution in [3.8, 4) is 0 Å². The van der Waals surface area contributed by atoms with Gasteiger partial charge in [-0.15, -0.1) is 0 Å². The summed E-state index contributed by atoms with van der Waals surface area (Å²) >= 11 is 0. The highest BCUT2D eigenvalue weighted by molar-refractivity contribution is 7.89. The van der Waals surface area contributed by atoms with Gasteiger partial charge >= 0.3 is 0 Å². The normalized spacial score (nSPS) is 19.6. The first-order chi connectivity index (χ1) is 9.53. The Labute approximate surface area is 121 Å². The molecule has 0 aromatic carbocycles. The van der Waals surface area contributed by atoms with E-state index in [0.29, 0.717) is 12.6 Å². The molecule has 2 rings (SSSR count). The van der Waals surface area contributed by atoms with E-state index in [0.717, 1.165) is 38.2 Å². The molecule has 0 spiro atoms.